The molecule has 0 amide bonds. The summed E-state index contributed by atoms with van der Waals surface area (Å²) in [6.45, 7) is 2.58. The fourth-order valence-electron chi connectivity index (χ4n) is 3.04. The Bertz CT molecular complexity index is 1280. The number of nitrogens with one attached hydrogen (secondary N) is 1. The molecule has 0 saturated heterocycles. The number of hydrogen-bond acceptors (Lipinski definition) is 8. The standard InChI is InChI=1S/C21H20ClN7OS/c1-2-10-29-18(30)15-9-8-13(22)11-16(15)25-21(29)31-12-17-26-19(23)28-20(27-17)24-14-6-4-3-5-7-14/h3-9,11H,2,10,12H2,1H3,(H3,23,24,26,27,28). The molecule has 8 nitrogen and oxygen atoms in total. The second-order valence-electron chi connectivity index (χ2n) is 6.73. The van der Waals surface area contributed by atoms with Gasteiger partial charge < -0.3 is 11.1 Å². The van der Waals surface area contributed by atoms with Crippen molar-refractivity contribution in [1.29, 1.82) is 0 Å². The maximum absolute atomic E-state index is 13.0. The molecule has 0 saturated carbocycles. The fraction of sp³-hybridized carbons (Fsp3) is 0.190. The Morgan fingerprint density at radius 3 is 2.68 bits per heavy atom. The lowest BCUT2D eigenvalue weighted by molar-refractivity contribution is 0.584. The van der Waals surface area contributed by atoms with Gasteiger partial charge in [0.25, 0.3) is 5.56 Å². The smallest absolute Gasteiger partial charge is 0.262 e. The van der Waals surface area contributed by atoms with E-state index in [0.29, 0.717) is 45.2 Å². The van der Waals surface area contributed by atoms with Gasteiger partial charge in [-0.1, -0.05) is 48.5 Å². The Labute approximate surface area is 187 Å². The third kappa shape index (κ3) is 4.95. The largest absolute Gasteiger partial charge is 0.368 e. The first kappa shape index (κ1) is 21.1. The van der Waals surface area contributed by atoms with Crippen molar-refractivity contribution in [2.75, 3.05) is 11.1 Å². The highest BCUT2D eigenvalue weighted by atomic mass is 35.5. The van der Waals surface area contributed by atoms with Crippen molar-refractivity contribution >= 4 is 51.8 Å². The van der Waals surface area contributed by atoms with Crippen molar-refractivity contribution < 1.29 is 0 Å². The molecule has 0 atom stereocenters. The molecule has 0 spiro atoms. The van der Waals surface area contributed by atoms with Crippen LogP contribution in [0.15, 0.2) is 58.5 Å². The molecule has 0 radical (unpaired) electrons. The topological polar surface area (TPSA) is 112 Å². The van der Waals surface area contributed by atoms with E-state index in [9.17, 15) is 4.79 Å². The molecule has 0 aliphatic carbocycles. The molecule has 10 heteroatoms. The fourth-order valence-corrected chi connectivity index (χ4v) is 4.09. The van der Waals surface area contributed by atoms with Gasteiger partial charge in [-0.15, -0.1) is 0 Å². The number of fused-ring (bicyclic) bond motifs is 1. The highest BCUT2D eigenvalue weighted by Gasteiger charge is 2.13. The van der Waals surface area contributed by atoms with Gasteiger partial charge in [0, 0.05) is 17.3 Å². The van der Waals surface area contributed by atoms with Crippen molar-refractivity contribution in [3.63, 3.8) is 0 Å². The zero-order chi connectivity index (χ0) is 21.8. The number of nitrogens with zero attached hydrogens (tertiary/aromatic N) is 5. The number of hydrogen-bond donors (Lipinski definition) is 2. The molecule has 3 N–H and O–H groups in total. The first-order valence-electron chi connectivity index (χ1n) is 9.69. The van der Waals surface area contributed by atoms with E-state index in [1.165, 1.54) is 11.8 Å². The van der Waals surface area contributed by atoms with Crippen LogP contribution in [0.5, 0.6) is 0 Å². The average Bonchev–Trinajstić information content (AvgIpc) is 2.75. The molecule has 0 unspecified atom stereocenters. The van der Waals surface area contributed by atoms with Crippen LogP contribution in [0.1, 0.15) is 19.2 Å². The monoisotopic (exact) mass is 453 g/mol. The molecular weight excluding hydrogens is 434 g/mol. The summed E-state index contributed by atoms with van der Waals surface area (Å²) in [5.41, 5.74) is 7.20. The minimum atomic E-state index is -0.0902. The van der Waals surface area contributed by atoms with Gasteiger partial charge >= 0.3 is 0 Å². The van der Waals surface area contributed by atoms with Crippen molar-refractivity contribution in [3.8, 4) is 0 Å². The molecule has 2 aromatic carbocycles. The number of benzene rings is 2. The summed E-state index contributed by atoms with van der Waals surface area (Å²) < 4.78 is 1.68. The SMILES string of the molecule is CCCn1c(SCc2nc(N)nc(Nc3ccccc3)n2)nc2cc(Cl)ccc2c1=O. The summed E-state index contributed by atoms with van der Waals surface area (Å²) in [6, 6.07) is 14.7. The zero-order valence-corrected chi connectivity index (χ0v) is 18.3. The van der Waals surface area contributed by atoms with Crippen LogP contribution in [-0.2, 0) is 12.3 Å². The van der Waals surface area contributed by atoms with Crippen LogP contribution in [0.4, 0.5) is 17.6 Å². The van der Waals surface area contributed by atoms with Crippen LogP contribution in [0, 0.1) is 0 Å². The molecule has 2 aromatic heterocycles. The van der Waals surface area contributed by atoms with E-state index in [2.05, 4.69) is 25.3 Å². The second-order valence-corrected chi connectivity index (χ2v) is 8.10. The van der Waals surface area contributed by atoms with Crippen LogP contribution in [-0.4, -0.2) is 24.5 Å². The molecule has 4 aromatic rings. The van der Waals surface area contributed by atoms with Crippen LogP contribution in [0.3, 0.4) is 0 Å². The third-order valence-electron chi connectivity index (χ3n) is 4.39. The molecular formula is C21H20ClN7OS. The Balaban J connectivity index is 1.62. The van der Waals surface area contributed by atoms with Gasteiger partial charge in [-0.25, -0.2) is 4.98 Å². The zero-order valence-electron chi connectivity index (χ0n) is 16.7. The van der Waals surface area contributed by atoms with E-state index in [4.69, 9.17) is 17.3 Å². The third-order valence-corrected chi connectivity index (χ3v) is 5.60. The Kier molecular flexibility index (Phi) is 6.34. The Hall–Kier alpha value is -3.17. The number of nitrogen functional groups attached to an aromatic ring is 1. The molecule has 31 heavy (non-hydrogen) atoms. The van der Waals surface area contributed by atoms with Crippen LogP contribution >= 0.6 is 23.4 Å². The quantitative estimate of drug-likeness (QED) is 0.315. The maximum atomic E-state index is 13.0. The summed E-state index contributed by atoms with van der Waals surface area (Å²) in [5, 5.41) is 4.77. The van der Waals surface area contributed by atoms with E-state index >= 15 is 0 Å². The lowest BCUT2D eigenvalue weighted by Crippen LogP contribution is -2.23. The van der Waals surface area contributed by atoms with Gasteiger partial charge in [-0.2, -0.15) is 15.0 Å². The summed E-state index contributed by atoms with van der Waals surface area (Å²) in [5.74, 6) is 1.34. The van der Waals surface area contributed by atoms with E-state index in [1.54, 1.807) is 22.8 Å². The van der Waals surface area contributed by atoms with Crippen LogP contribution in [0.25, 0.3) is 10.9 Å². The molecule has 0 bridgehead atoms. The lowest BCUT2D eigenvalue weighted by Gasteiger charge is -2.12. The highest BCUT2D eigenvalue weighted by Crippen LogP contribution is 2.23. The summed E-state index contributed by atoms with van der Waals surface area (Å²) in [7, 11) is 0. The molecule has 158 valence electrons. The Morgan fingerprint density at radius 2 is 1.90 bits per heavy atom. The molecule has 0 fully saturated rings. The first-order chi connectivity index (χ1) is 15.0. The van der Waals surface area contributed by atoms with Crippen LogP contribution in [0.2, 0.25) is 5.02 Å². The van der Waals surface area contributed by atoms with E-state index < -0.39 is 0 Å². The summed E-state index contributed by atoms with van der Waals surface area (Å²) in [4.78, 5) is 30.5. The molecule has 4 rings (SSSR count). The van der Waals surface area contributed by atoms with E-state index in [1.807, 2.05) is 37.3 Å². The van der Waals surface area contributed by atoms with E-state index in [-0.39, 0.29) is 11.5 Å². The predicted molar refractivity (Wildman–Crippen MR) is 125 cm³/mol. The Morgan fingerprint density at radius 1 is 1.10 bits per heavy atom. The number of para-hydroxylation sites is 1. The average molecular weight is 454 g/mol. The maximum Gasteiger partial charge on any atom is 0.262 e. The number of nitrogens with two attached hydrogens (primary N) is 1. The second kappa shape index (κ2) is 9.32. The predicted octanol–water partition coefficient (Wildman–Crippen LogP) is 4.26. The molecule has 2 heterocycles. The number of aromatic nitrogens is 5. The summed E-state index contributed by atoms with van der Waals surface area (Å²) in [6.07, 6.45) is 0.804. The molecule has 0 aliphatic rings. The van der Waals surface area contributed by atoms with Gasteiger partial charge in [0.05, 0.1) is 16.7 Å². The summed E-state index contributed by atoms with van der Waals surface area (Å²) >= 11 is 7.47. The van der Waals surface area contributed by atoms with Crippen LogP contribution < -0.4 is 16.6 Å². The highest BCUT2D eigenvalue weighted by molar-refractivity contribution is 7.98. The number of halogens is 1. The first-order valence-corrected chi connectivity index (χ1v) is 11.0. The minimum absolute atomic E-state index is 0.0902. The van der Waals surface area contributed by atoms with Crippen molar-refractivity contribution in [1.82, 2.24) is 24.5 Å². The number of anilines is 3. The van der Waals surface area contributed by atoms with Gasteiger partial charge in [0.1, 0.15) is 5.82 Å². The van der Waals surface area contributed by atoms with Gasteiger partial charge in [-0.05, 0) is 36.8 Å². The normalized spacial score (nSPS) is 11.0. The van der Waals surface area contributed by atoms with Crippen molar-refractivity contribution in [2.45, 2.75) is 30.8 Å². The van der Waals surface area contributed by atoms with Gasteiger partial charge in [0.2, 0.25) is 11.9 Å². The number of thioether (sulfide) groups is 1. The van der Waals surface area contributed by atoms with Crippen molar-refractivity contribution in [3.05, 3.63) is 69.7 Å². The van der Waals surface area contributed by atoms with Gasteiger partial charge in [-0.3, -0.25) is 9.36 Å². The number of rotatable bonds is 7. The minimum Gasteiger partial charge on any atom is -0.368 e. The van der Waals surface area contributed by atoms with Crippen molar-refractivity contribution in [2.24, 2.45) is 0 Å². The molecule has 0 aliphatic heterocycles. The van der Waals surface area contributed by atoms with E-state index in [0.717, 1.165) is 12.1 Å². The van der Waals surface area contributed by atoms with Gasteiger partial charge in [0.15, 0.2) is 5.16 Å². The lowest BCUT2D eigenvalue weighted by atomic mass is 10.2.